The van der Waals surface area contributed by atoms with Crippen molar-refractivity contribution in [1.82, 2.24) is 4.98 Å². The number of benzene rings is 3. The van der Waals surface area contributed by atoms with Gasteiger partial charge >= 0.3 is 0 Å². The van der Waals surface area contributed by atoms with E-state index in [4.69, 9.17) is 11.6 Å². The van der Waals surface area contributed by atoms with Gasteiger partial charge in [0.15, 0.2) is 4.90 Å². The van der Waals surface area contributed by atoms with E-state index in [1.807, 2.05) is 30.3 Å². The van der Waals surface area contributed by atoms with E-state index in [9.17, 15) is 13.6 Å². The van der Waals surface area contributed by atoms with Crippen molar-refractivity contribution in [2.45, 2.75) is 4.90 Å². The van der Waals surface area contributed by atoms with Crippen molar-refractivity contribution in [3.8, 4) is 11.1 Å². The quantitative estimate of drug-likeness (QED) is 0.397. The Morgan fingerprint density at radius 2 is 1.73 bits per heavy atom. The summed E-state index contributed by atoms with van der Waals surface area (Å²) in [6, 6.07) is 23.0. The average molecular weight is 438 g/mol. The third-order valence-electron chi connectivity index (χ3n) is 4.62. The zero-order valence-electron chi connectivity index (χ0n) is 16.0. The number of aromatic nitrogens is 1. The molecule has 0 aliphatic heterocycles. The van der Waals surface area contributed by atoms with Crippen molar-refractivity contribution >= 4 is 44.4 Å². The molecule has 0 bridgehead atoms. The molecule has 4 rings (SSSR count). The molecule has 30 heavy (non-hydrogen) atoms. The summed E-state index contributed by atoms with van der Waals surface area (Å²) < 4.78 is 21.7. The number of nitrogens with one attached hydrogen (secondary N) is 1. The third-order valence-corrected chi connectivity index (χ3v) is 5.99. The summed E-state index contributed by atoms with van der Waals surface area (Å²) in [6.45, 7) is 0. The molecule has 1 atom stereocenters. The van der Waals surface area contributed by atoms with E-state index in [2.05, 4.69) is 10.3 Å². The Morgan fingerprint density at radius 1 is 0.967 bits per heavy atom. The molecule has 0 fully saturated rings. The highest BCUT2D eigenvalue weighted by Crippen LogP contribution is 2.27. The van der Waals surface area contributed by atoms with E-state index < -0.39 is 10.2 Å². The van der Waals surface area contributed by atoms with E-state index in [-0.39, 0.29) is 5.91 Å². The van der Waals surface area contributed by atoms with Crippen LogP contribution in [-0.4, -0.2) is 21.7 Å². The van der Waals surface area contributed by atoms with Crippen molar-refractivity contribution in [1.29, 1.82) is 0 Å². The third kappa shape index (κ3) is 4.41. The molecule has 0 saturated carbocycles. The van der Waals surface area contributed by atoms with Gasteiger partial charge in [0.2, 0.25) is 10.2 Å². The van der Waals surface area contributed by atoms with E-state index in [0.717, 1.165) is 22.0 Å². The first-order valence-electron chi connectivity index (χ1n) is 9.09. The normalized spacial score (nSPS) is 13.0. The Hall–Kier alpha value is -3.06. The highest BCUT2D eigenvalue weighted by molar-refractivity contribution is 7.97. The lowest BCUT2D eigenvalue weighted by Crippen LogP contribution is -2.12. The summed E-state index contributed by atoms with van der Waals surface area (Å²) >= 11 is 5.94. The predicted molar refractivity (Wildman–Crippen MR) is 121 cm³/mol. The number of carbonyl (C=O) groups excluding carboxylic acids is 1. The lowest BCUT2D eigenvalue weighted by atomic mass is 10.0. The molecule has 3 aromatic carbocycles. The maximum atomic E-state index is 12.4. The van der Waals surface area contributed by atoms with Gasteiger partial charge in [-0.05, 0) is 59.7 Å². The lowest BCUT2D eigenvalue weighted by Gasteiger charge is -2.08. The molecule has 0 aliphatic carbocycles. The van der Waals surface area contributed by atoms with Crippen LogP contribution in [0, 0.1) is 0 Å². The second-order valence-electron chi connectivity index (χ2n) is 6.90. The number of hydrogen-bond donors (Lipinski definition) is 2. The molecule has 1 unspecified atom stereocenters. The number of carbonyl (C=O) groups is 1. The number of hydrogen-bond acceptors (Lipinski definition) is 3. The van der Waals surface area contributed by atoms with Crippen molar-refractivity contribution < 1.29 is 13.6 Å². The molecule has 5 nitrogen and oxygen atoms in total. The Bertz CT molecular complexity index is 1320. The first-order chi connectivity index (χ1) is 14.3. The minimum atomic E-state index is -3.03. The summed E-state index contributed by atoms with van der Waals surface area (Å²) in [5.74, 6) is 0.151. The van der Waals surface area contributed by atoms with Gasteiger partial charge < -0.3 is 5.32 Å². The molecule has 0 spiro atoms. The lowest BCUT2D eigenvalue weighted by molar-refractivity contribution is 0.102. The van der Waals surface area contributed by atoms with Crippen molar-refractivity contribution in [2.75, 3.05) is 11.6 Å². The zero-order chi connectivity index (χ0) is 21.3. The van der Waals surface area contributed by atoms with Gasteiger partial charge in [-0.2, -0.15) is 4.55 Å². The van der Waals surface area contributed by atoms with Crippen LogP contribution < -0.4 is 5.32 Å². The van der Waals surface area contributed by atoms with Gasteiger partial charge in [-0.1, -0.05) is 40.1 Å². The number of amides is 1. The molecular weight excluding hydrogens is 420 g/mol. The van der Waals surface area contributed by atoms with Gasteiger partial charge in [0.25, 0.3) is 5.91 Å². The molecule has 0 saturated heterocycles. The fourth-order valence-corrected chi connectivity index (χ4v) is 3.97. The van der Waals surface area contributed by atoms with E-state index in [1.165, 1.54) is 6.26 Å². The second-order valence-corrected chi connectivity index (χ2v) is 9.41. The van der Waals surface area contributed by atoms with Crippen LogP contribution in [0.15, 0.2) is 83.8 Å². The molecule has 0 radical (unpaired) electrons. The van der Waals surface area contributed by atoms with Gasteiger partial charge in [-0.25, -0.2) is 4.98 Å². The van der Waals surface area contributed by atoms with Crippen LogP contribution in [0.25, 0.3) is 22.0 Å². The molecule has 150 valence electrons. The van der Waals surface area contributed by atoms with Gasteiger partial charge in [-0.15, -0.1) is 0 Å². The second kappa shape index (κ2) is 7.99. The summed E-state index contributed by atoms with van der Waals surface area (Å²) in [6.07, 6.45) is 1.30. The monoisotopic (exact) mass is 437 g/mol. The highest BCUT2D eigenvalue weighted by Gasteiger charge is 2.21. The molecule has 4 aromatic rings. The van der Waals surface area contributed by atoms with E-state index >= 15 is 0 Å². The fourth-order valence-electron chi connectivity index (χ4n) is 3.10. The Balaban J connectivity index is 1.62. The van der Waals surface area contributed by atoms with Gasteiger partial charge in [-0.3, -0.25) is 4.79 Å². The molecule has 1 aromatic heterocycles. The van der Waals surface area contributed by atoms with Crippen molar-refractivity contribution in [2.24, 2.45) is 0 Å². The van der Waals surface area contributed by atoms with Crippen LogP contribution in [0.4, 0.5) is 5.82 Å². The highest BCUT2D eigenvalue weighted by atomic mass is 35.5. The maximum Gasteiger partial charge on any atom is 0.256 e. The summed E-state index contributed by atoms with van der Waals surface area (Å²) in [5.41, 5.74) is 2.93. The van der Waals surface area contributed by atoms with Crippen LogP contribution in [0.5, 0.6) is 0 Å². The fraction of sp³-hybridized carbons (Fsp3) is 0.0435. The first kappa shape index (κ1) is 20.2. The van der Waals surface area contributed by atoms with Gasteiger partial charge in [0.1, 0.15) is 12.1 Å². The number of fused-ring (bicyclic) bond motifs is 1. The molecule has 1 amide bonds. The molecular formula is C23H18ClN2O3S+. The zero-order valence-corrected chi connectivity index (χ0v) is 17.6. The van der Waals surface area contributed by atoms with Crippen molar-refractivity contribution in [3.05, 3.63) is 89.4 Å². The van der Waals surface area contributed by atoms with Gasteiger partial charge in [0.05, 0.1) is 5.52 Å². The number of nitrogens with zero attached hydrogens (tertiary/aromatic N) is 1. The molecule has 7 heteroatoms. The van der Waals surface area contributed by atoms with E-state index in [0.29, 0.717) is 21.3 Å². The maximum absolute atomic E-state index is 12.4. The minimum absolute atomic E-state index is 0.287. The van der Waals surface area contributed by atoms with Crippen LogP contribution in [0.2, 0.25) is 5.02 Å². The van der Waals surface area contributed by atoms with Crippen LogP contribution in [-0.2, 0) is 14.4 Å². The van der Waals surface area contributed by atoms with E-state index in [1.54, 1.807) is 48.5 Å². The SMILES string of the molecule is C[S+](=O)(O)c1cccc(-c2ccc3nc(NC(=O)c4cccc(Cl)c4)ccc3c2)c1. The minimum Gasteiger partial charge on any atom is -0.307 e. The number of anilines is 1. The summed E-state index contributed by atoms with van der Waals surface area (Å²) in [4.78, 5) is 17.3. The van der Waals surface area contributed by atoms with Crippen LogP contribution >= 0.6 is 11.6 Å². The average Bonchev–Trinajstić information content (AvgIpc) is 2.73. The largest absolute Gasteiger partial charge is 0.307 e. The topological polar surface area (TPSA) is 79.3 Å². The predicted octanol–water partition coefficient (Wildman–Crippen LogP) is 5.77. The number of halogens is 1. The van der Waals surface area contributed by atoms with Gasteiger partial charge in [0, 0.05) is 22.0 Å². The smallest absolute Gasteiger partial charge is 0.256 e. The Kier molecular flexibility index (Phi) is 5.39. The van der Waals surface area contributed by atoms with Crippen LogP contribution in [0.1, 0.15) is 10.4 Å². The Labute approximate surface area is 180 Å². The first-order valence-corrected chi connectivity index (χ1v) is 11.4. The Morgan fingerprint density at radius 3 is 2.50 bits per heavy atom. The summed E-state index contributed by atoms with van der Waals surface area (Å²) in [7, 11) is -3.03. The summed E-state index contributed by atoms with van der Waals surface area (Å²) in [5, 5.41) is 4.16. The molecule has 0 aliphatic rings. The number of rotatable bonds is 4. The van der Waals surface area contributed by atoms with Crippen LogP contribution in [0.3, 0.4) is 0 Å². The number of pyridine rings is 1. The standard InChI is InChI=1S/C23H17ClN2O3S/c1-30(28,29)20-7-3-4-15(14-20)16-8-10-21-17(12-16)9-11-22(25-21)26-23(27)18-5-2-6-19(24)13-18/h2-14H,1H3,(H-,25,26,27,28,29)/p+1. The molecule has 2 N–H and O–H groups in total. The molecule has 1 heterocycles. The van der Waals surface area contributed by atoms with Crippen molar-refractivity contribution in [3.63, 3.8) is 0 Å².